The van der Waals surface area contributed by atoms with Crippen LogP contribution in [0.2, 0.25) is 0 Å². The lowest BCUT2D eigenvalue weighted by atomic mass is 10.1. The van der Waals surface area contributed by atoms with E-state index in [-0.39, 0.29) is 12.1 Å². The van der Waals surface area contributed by atoms with Crippen molar-refractivity contribution in [3.8, 4) is 11.5 Å². The Morgan fingerprint density at radius 3 is 2.81 bits per heavy atom. The van der Waals surface area contributed by atoms with Crippen molar-refractivity contribution < 1.29 is 4.79 Å². The van der Waals surface area contributed by atoms with Gasteiger partial charge in [0.2, 0.25) is 0 Å². The molecule has 0 aliphatic carbocycles. The van der Waals surface area contributed by atoms with Crippen LogP contribution < -0.4 is 10.6 Å². The molecule has 3 N–H and O–H groups in total. The van der Waals surface area contributed by atoms with E-state index < -0.39 is 0 Å². The number of carbonyl (C=O) groups is 1. The Kier molecular flexibility index (Phi) is 4.84. The van der Waals surface area contributed by atoms with Crippen molar-refractivity contribution >= 4 is 34.1 Å². The van der Waals surface area contributed by atoms with Gasteiger partial charge in [-0.15, -0.1) is 11.3 Å². The number of amides is 2. The smallest absolute Gasteiger partial charge is 0.319 e. The number of H-pyrrole nitrogens is 1. The first-order valence-electron chi connectivity index (χ1n) is 8.73. The van der Waals surface area contributed by atoms with Gasteiger partial charge in [0.15, 0.2) is 5.82 Å². The number of hydrogen-bond acceptors (Lipinski definition) is 4. The van der Waals surface area contributed by atoms with E-state index in [9.17, 15) is 4.79 Å². The van der Waals surface area contributed by atoms with Gasteiger partial charge >= 0.3 is 6.03 Å². The predicted octanol–water partition coefficient (Wildman–Crippen LogP) is 4.96. The average Bonchev–Trinajstić information content (AvgIpc) is 3.36. The molecule has 6 nitrogen and oxygen atoms in total. The largest absolute Gasteiger partial charge is 0.337 e. The van der Waals surface area contributed by atoms with E-state index in [0.29, 0.717) is 5.69 Å². The summed E-state index contributed by atoms with van der Waals surface area (Å²) in [6.07, 6.45) is 0.812. The number of aromatic amines is 1. The summed E-state index contributed by atoms with van der Waals surface area (Å²) in [4.78, 5) is 24.5. The fourth-order valence-corrected chi connectivity index (χ4v) is 3.50. The van der Waals surface area contributed by atoms with Gasteiger partial charge in [0.25, 0.3) is 0 Å². The fourth-order valence-electron chi connectivity index (χ4n) is 2.97. The zero-order chi connectivity index (χ0) is 18.6. The normalized spacial score (nSPS) is 12.0. The molecule has 0 saturated carbocycles. The Morgan fingerprint density at radius 2 is 2.07 bits per heavy atom. The molecule has 2 amide bonds. The number of nitrogens with zero attached hydrogens (tertiary/aromatic N) is 2. The highest BCUT2D eigenvalue weighted by molar-refractivity contribution is 7.07. The van der Waals surface area contributed by atoms with E-state index in [1.54, 1.807) is 5.51 Å². The molecule has 4 aromatic rings. The minimum absolute atomic E-state index is 0.0309. The van der Waals surface area contributed by atoms with Crippen LogP contribution in [-0.2, 0) is 0 Å². The molecule has 1 atom stereocenters. The molecule has 7 heteroatoms. The highest BCUT2D eigenvalue weighted by Crippen LogP contribution is 2.23. The van der Waals surface area contributed by atoms with E-state index in [2.05, 4.69) is 25.6 Å². The van der Waals surface area contributed by atoms with Gasteiger partial charge in [0.05, 0.1) is 22.6 Å². The highest BCUT2D eigenvalue weighted by Gasteiger charge is 2.13. The summed E-state index contributed by atoms with van der Waals surface area (Å²) in [5.74, 6) is 0.725. The van der Waals surface area contributed by atoms with E-state index >= 15 is 0 Å². The van der Waals surface area contributed by atoms with Crippen LogP contribution in [0.3, 0.4) is 0 Å². The second-order valence-electron chi connectivity index (χ2n) is 6.16. The van der Waals surface area contributed by atoms with Crippen LogP contribution in [-0.4, -0.2) is 21.0 Å². The molecule has 0 radical (unpaired) electrons. The Hall–Kier alpha value is -3.19. The van der Waals surface area contributed by atoms with E-state index in [1.165, 1.54) is 11.3 Å². The minimum atomic E-state index is -0.236. The number of urea groups is 1. The molecular formula is C20H19N5OS. The van der Waals surface area contributed by atoms with Gasteiger partial charge in [-0.2, -0.15) is 0 Å². The number of anilines is 1. The second-order valence-corrected chi connectivity index (χ2v) is 6.88. The standard InChI is InChI=1S/C20H19N5OS/c1-2-15(13-6-4-3-5-7-13)25-20(26)22-14-8-9-16-17(10-14)24-19(23-16)18-11-27-12-21-18/h3-12,15H,2H2,1H3,(H,23,24)(H2,22,25,26)/t15-/m1/s1. The van der Waals surface area contributed by atoms with E-state index in [0.717, 1.165) is 34.5 Å². The molecule has 0 saturated heterocycles. The summed E-state index contributed by atoms with van der Waals surface area (Å²) in [6.45, 7) is 2.05. The fraction of sp³-hybridized carbons (Fsp3) is 0.150. The van der Waals surface area contributed by atoms with Crippen molar-refractivity contribution in [2.24, 2.45) is 0 Å². The maximum Gasteiger partial charge on any atom is 0.319 e. The molecule has 2 heterocycles. The highest BCUT2D eigenvalue weighted by atomic mass is 32.1. The Morgan fingerprint density at radius 1 is 1.22 bits per heavy atom. The maximum absolute atomic E-state index is 12.4. The minimum Gasteiger partial charge on any atom is -0.337 e. The maximum atomic E-state index is 12.4. The number of hydrogen-bond donors (Lipinski definition) is 3. The monoisotopic (exact) mass is 377 g/mol. The van der Waals surface area contributed by atoms with Crippen LogP contribution in [0.5, 0.6) is 0 Å². The summed E-state index contributed by atoms with van der Waals surface area (Å²) in [5, 5.41) is 7.86. The number of thiazole rings is 1. The van der Waals surface area contributed by atoms with Crippen LogP contribution in [0, 0.1) is 0 Å². The van der Waals surface area contributed by atoms with Gasteiger partial charge in [-0.1, -0.05) is 37.3 Å². The van der Waals surface area contributed by atoms with E-state index in [1.807, 2.05) is 60.8 Å². The third kappa shape index (κ3) is 3.83. The first kappa shape index (κ1) is 17.2. The lowest BCUT2D eigenvalue weighted by Crippen LogP contribution is -2.32. The van der Waals surface area contributed by atoms with Gasteiger partial charge in [-0.05, 0) is 30.2 Å². The van der Waals surface area contributed by atoms with Crippen molar-refractivity contribution in [3.63, 3.8) is 0 Å². The third-order valence-electron chi connectivity index (χ3n) is 4.33. The summed E-state index contributed by atoms with van der Waals surface area (Å²) in [5.41, 5.74) is 6.06. The Bertz CT molecular complexity index is 1040. The molecule has 136 valence electrons. The molecule has 0 spiro atoms. The predicted molar refractivity (Wildman–Crippen MR) is 109 cm³/mol. The molecule has 0 aliphatic rings. The van der Waals surface area contributed by atoms with E-state index in [4.69, 9.17) is 0 Å². The Balaban J connectivity index is 1.48. The lowest BCUT2D eigenvalue weighted by Gasteiger charge is -2.18. The second kappa shape index (κ2) is 7.59. The number of carbonyl (C=O) groups excluding carboxylic acids is 1. The van der Waals surface area contributed by atoms with Gasteiger partial charge < -0.3 is 15.6 Å². The Labute approximate surface area is 160 Å². The number of nitrogens with one attached hydrogen (secondary N) is 3. The van der Waals surface area contributed by atoms with Crippen molar-refractivity contribution in [3.05, 3.63) is 65.0 Å². The van der Waals surface area contributed by atoms with Crippen molar-refractivity contribution in [2.45, 2.75) is 19.4 Å². The van der Waals surface area contributed by atoms with Crippen molar-refractivity contribution in [2.75, 3.05) is 5.32 Å². The number of aromatic nitrogens is 3. The van der Waals surface area contributed by atoms with Crippen LogP contribution in [0.15, 0.2) is 59.4 Å². The molecule has 0 aliphatic heterocycles. The molecule has 0 bridgehead atoms. The van der Waals surface area contributed by atoms with Crippen LogP contribution >= 0.6 is 11.3 Å². The van der Waals surface area contributed by atoms with Gasteiger partial charge in [0.1, 0.15) is 5.69 Å². The summed E-state index contributed by atoms with van der Waals surface area (Å²) in [6, 6.07) is 15.3. The first-order valence-corrected chi connectivity index (χ1v) is 9.68. The lowest BCUT2D eigenvalue weighted by molar-refractivity contribution is 0.248. The number of fused-ring (bicyclic) bond motifs is 1. The zero-order valence-corrected chi connectivity index (χ0v) is 15.6. The van der Waals surface area contributed by atoms with Gasteiger partial charge in [-0.25, -0.2) is 14.8 Å². The van der Waals surface area contributed by atoms with Gasteiger partial charge in [-0.3, -0.25) is 0 Å². The third-order valence-corrected chi connectivity index (χ3v) is 4.92. The van der Waals surface area contributed by atoms with Crippen LogP contribution in [0.4, 0.5) is 10.5 Å². The molecule has 2 aromatic heterocycles. The first-order chi connectivity index (χ1) is 13.2. The molecule has 27 heavy (non-hydrogen) atoms. The zero-order valence-electron chi connectivity index (χ0n) is 14.8. The molecule has 0 unspecified atom stereocenters. The molecule has 0 fully saturated rings. The molecule has 4 rings (SSSR count). The molecule has 2 aromatic carbocycles. The molecular weight excluding hydrogens is 358 g/mol. The van der Waals surface area contributed by atoms with Crippen LogP contribution in [0.25, 0.3) is 22.6 Å². The van der Waals surface area contributed by atoms with Gasteiger partial charge in [0, 0.05) is 11.1 Å². The quantitative estimate of drug-likeness (QED) is 0.460. The number of imidazole rings is 1. The summed E-state index contributed by atoms with van der Waals surface area (Å²) in [7, 11) is 0. The van der Waals surface area contributed by atoms with Crippen LogP contribution in [0.1, 0.15) is 24.9 Å². The number of benzene rings is 2. The topological polar surface area (TPSA) is 82.7 Å². The summed E-state index contributed by atoms with van der Waals surface area (Å²) >= 11 is 1.53. The van der Waals surface area contributed by atoms with Crippen molar-refractivity contribution in [1.29, 1.82) is 0 Å². The van der Waals surface area contributed by atoms with Crippen molar-refractivity contribution in [1.82, 2.24) is 20.3 Å². The summed E-state index contributed by atoms with van der Waals surface area (Å²) < 4.78 is 0. The average molecular weight is 377 g/mol. The number of rotatable bonds is 5. The SMILES string of the molecule is CC[C@@H](NC(=O)Nc1ccc2[nH]c(-c3cscn3)nc2c1)c1ccccc1.